The van der Waals surface area contributed by atoms with Crippen molar-refractivity contribution in [3.05, 3.63) is 83.9 Å². The second-order valence-electron chi connectivity index (χ2n) is 8.07. The van der Waals surface area contributed by atoms with Crippen molar-refractivity contribution in [2.24, 2.45) is 5.41 Å². The summed E-state index contributed by atoms with van der Waals surface area (Å²) in [7, 11) is 3.01. The Bertz CT molecular complexity index is 1080. The molecule has 0 spiro atoms. The number of methoxy groups -OCH3 is 2. The molecule has 32 heavy (non-hydrogen) atoms. The van der Waals surface area contributed by atoms with Gasteiger partial charge in [-0.15, -0.1) is 0 Å². The summed E-state index contributed by atoms with van der Waals surface area (Å²) < 4.78 is 10.9. The molecule has 0 atom stereocenters. The van der Waals surface area contributed by atoms with Crippen LogP contribution in [0.2, 0.25) is 0 Å². The topological polar surface area (TPSA) is 76.7 Å². The maximum absolute atomic E-state index is 13.1. The van der Waals surface area contributed by atoms with Crippen LogP contribution in [0.25, 0.3) is 0 Å². The second kappa shape index (κ2) is 10.0. The van der Waals surface area contributed by atoms with Crippen LogP contribution in [-0.4, -0.2) is 26.0 Å². The first-order valence-corrected chi connectivity index (χ1v) is 10.3. The highest BCUT2D eigenvalue weighted by Crippen LogP contribution is 2.37. The average molecular weight is 433 g/mol. The molecule has 0 fully saturated rings. The van der Waals surface area contributed by atoms with Crippen molar-refractivity contribution >= 4 is 23.2 Å². The largest absolute Gasteiger partial charge is 0.494 e. The molecule has 0 bridgehead atoms. The molecule has 0 aliphatic rings. The lowest BCUT2D eigenvalue weighted by atomic mass is 9.84. The van der Waals surface area contributed by atoms with Crippen LogP contribution in [0.5, 0.6) is 11.5 Å². The quantitative estimate of drug-likeness (QED) is 0.515. The van der Waals surface area contributed by atoms with Gasteiger partial charge in [0.05, 0.1) is 25.6 Å². The zero-order valence-electron chi connectivity index (χ0n) is 18.8. The minimum absolute atomic E-state index is 0.150. The lowest BCUT2D eigenvalue weighted by Crippen LogP contribution is -2.32. The Kier molecular flexibility index (Phi) is 7.15. The molecule has 0 aliphatic carbocycles. The van der Waals surface area contributed by atoms with Crippen molar-refractivity contribution in [1.29, 1.82) is 0 Å². The van der Waals surface area contributed by atoms with E-state index in [-0.39, 0.29) is 11.8 Å². The van der Waals surface area contributed by atoms with E-state index in [0.29, 0.717) is 34.9 Å². The van der Waals surface area contributed by atoms with Gasteiger partial charge in [-0.05, 0) is 24.1 Å². The van der Waals surface area contributed by atoms with Gasteiger partial charge in [-0.3, -0.25) is 9.59 Å². The molecule has 6 heteroatoms. The monoisotopic (exact) mass is 432 g/mol. The number of hydrogen-bond acceptors (Lipinski definition) is 4. The summed E-state index contributed by atoms with van der Waals surface area (Å²) in [5, 5.41) is 5.79. The third-order valence-corrected chi connectivity index (χ3v) is 5.16. The van der Waals surface area contributed by atoms with Gasteiger partial charge in [-0.2, -0.15) is 0 Å². The summed E-state index contributed by atoms with van der Waals surface area (Å²) in [4.78, 5) is 25.6. The summed E-state index contributed by atoms with van der Waals surface area (Å²) >= 11 is 0. The van der Waals surface area contributed by atoms with E-state index in [0.717, 1.165) is 5.56 Å². The fraction of sp³-hybridized carbons (Fsp3) is 0.231. The van der Waals surface area contributed by atoms with E-state index in [9.17, 15) is 9.59 Å². The Morgan fingerprint density at radius 1 is 0.781 bits per heavy atom. The molecule has 3 aromatic rings. The predicted octanol–water partition coefficient (Wildman–Crippen LogP) is 5.16. The maximum atomic E-state index is 13.1. The molecule has 166 valence electrons. The van der Waals surface area contributed by atoms with Crippen molar-refractivity contribution in [3.63, 3.8) is 0 Å². The van der Waals surface area contributed by atoms with Crippen LogP contribution in [0.3, 0.4) is 0 Å². The molecule has 2 N–H and O–H groups in total. The van der Waals surface area contributed by atoms with Crippen LogP contribution in [0.15, 0.2) is 72.8 Å². The first kappa shape index (κ1) is 22.9. The summed E-state index contributed by atoms with van der Waals surface area (Å²) in [5.74, 6) is 0.402. The van der Waals surface area contributed by atoms with Crippen LogP contribution in [0.4, 0.5) is 11.4 Å². The fourth-order valence-corrected chi connectivity index (χ4v) is 3.36. The van der Waals surface area contributed by atoms with Crippen molar-refractivity contribution in [2.75, 3.05) is 24.9 Å². The highest BCUT2D eigenvalue weighted by atomic mass is 16.5. The Morgan fingerprint density at radius 2 is 1.28 bits per heavy atom. The van der Waals surface area contributed by atoms with Gasteiger partial charge in [0.1, 0.15) is 11.5 Å². The number of ether oxygens (including phenoxy) is 2. The molecule has 3 aromatic carbocycles. The van der Waals surface area contributed by atoms with Gasteiger partial charge in [-0.25, -0.2) is 0 Å². The van der Waals surface area contributed by atoms with Crippen LogP contribution in [-0.2, 0) is 11.2 Å². The van der Waals surface area contributed by atoms with Crippen molar-refractivity contribution in [1.82, 2.24) is 0 Å². The van der Waals surface area contributed by atoms with Crippen LogP contribution in [0, 0.1) is 5.41 Å². The summed E-state index contributed by atoms with van der Waals surface area (Å²) in [6.07, 6.45) is 0.588. The van der Waals surface area contributed by atoms with E-state index < -0.39 is 5.41 Å². The number of carbonyl (C=O) groups excluding carboxylic acids is 2. The van der Waals surface area contributed by atoms with E-state index in [2.05, 4.69) is 10.6 Å². The van der Waals surface area contributed by atoms with Gasteiger partial charge in [0, 0.05) is 23.1 Å². The normalized spacial score (nSPS) is 10.9. The maximum Gasteiger partial charge on any atom is 0.255 e. The van der Waals surface area contributed by atoms with Gasteiger partial charge in [-0.1, -0.05) is 62.4 Å². The first-order chi connectivity index (χ1) is 15.3. The SMILES string of the molecule is COc1cc(NC(=O)C(C)(C)Cc2ccccc2)c(OC)cc1NC(=O)c1ccccc1. The lowest BCUT2D eigenvalue weighted by Gasteiger charge is -2.25. The molecule has 6 nitrogen and oxygen atoms in total. The number of benzene rings is 3. The molecule has 0 heterocycles. The number of carbonyl (C=O) groups is 2. The number of hydrogen-bond donors (Lipinski definition) is 2. The van der Waals surface area contributed by atoms with Gasteiger partial charge < -0.3 is 20.1 Å². The molecule has 0 saturated heterocycles. The number of amides is 2. The van der Waals surface area contributed by atoms with Gasteiger partial charge in [0.25, 0.3) is 5.91 Å². The first-order valence-electron chi connectivity index (χ1n) is 10.3. The van der Waals surface area contributed by atoms with E-state index in [1.165, 1.54) is 14.2 Å². The highest BCUT2D eigenvalue weighted by molar-refractivity contribution is 6.05. The van der Waals surface area contributed by atoms with Crippen molar-refractivity contribution in [2.45, 2.75) is 20.3 Å². The minimum Gasteiger partial charge on any atom is -0.494 e. The highest BCUT2D eigenvalue weighted by Gasteiger charge is 2.29. The average Bonchev–Trinajstić information content (AvgIpc) is 2.80. The third-order valence-electron chi connectivity index (χ3n) is 5.16. The lowest BCUT2D eigenvalue weighted by molar-refractivity contribution is -0.123. The molecule has 0 aromatic heterocycles. The number of nitrogens with one attached hydrogen (secondary N) is 2. The Balaban J connectivity index is 1.82. The molecular formula is C26H28N2O4. The van der Waals surface area contributed by atoms with Gasteiger partial charge in [0.2, 0.25) is 5.91 Å². The molecule has 0 aliphatic heterocycles. The fourth-order valence-electron chi connectivity index (χ4n) is 3.36. The van der Waals surface area contributed by atoms with Gasteiger partial charge >= 0.3 is 0 Å². The van der Waals surface area contributed by atoms with Gasteiger partial charge in [0.15, 0.2) is 0 Å². The summed E-state index contributed by atoms with van der Waals surface area (Å²) in [6.45, 7) is 3.79. The van der Waals surface area contributed by atoms with Crippen LogP contribution < -0.4 is 20.1 Å². The molecule has 0 radical (unpaired) electrons. The molecule has 3 rings (SSSR count). The molecule has 0 saturated carbocycles. The predicted molar refractivity (Wildman–Crippen MR) is 126 cm³/mol. The number of rotatable bonds is 8. The van der Waals surface area contributed by atoms with E-state index in [1.807, 2.05) is 50.2 Å². The molecule has 0 unspecified atom stereocenters. The van der Waals surface area contributed by atoms with E-state index >= 15 is 0 Å². The van der Waals surface area contributed by atoms with Crippen LogP contribution in [0.1, 0.15) is 29.8 Å². The molecule has 2 amide bonds. The zero-order valence-corrected chi connectivity index (χ0v) is 18.8. The number of anilines is 2. The third kappa shape index (κ3) is 5.46. The minimum atomic E-state index is -0.653. The Morgan fingerprint density at radius 3 is 1.81 bits per heavy atom. The summed E-state index contributed by atoms with van der Waals surface area (Å²) in [6, 6.07) is 22.0. The summed E-state index contributed by atoms with van der Waals surface area (Å²) in [5.41, 5.74) is 1.86. The zero-order chi connectivity index (χ0) is 23.1. The molecular weight excluding hydrogens is 404 g/mol. The Labute approximate surface area is 188 Å². The standard InChI is InChI=1S/C26H28N2O4/c1-26(2,17-18-11-7-5-8-12-18)25(30)28-21-16-22(31-3)20(15-23(21)32-4)27-24(29)19-13-9-6-10-14-19/h5-16H,17H2,1-4H3,(H,27,29)(H,28,30). The Hall–Kier alpha value is -3.80. The van der Waals surface area contributed by atoms with E-state index in [1.54, 1.807) is 36.4 Å². The van der Waals surface area contributed by atoms with Crippen molar-refractivity contribution in [3.8, 4) is 11.5 Å². The smallest absolute Gasteiger partial charge is 0.255 e. The van der Waals surface area contributed by atoms with Crippen LogP contribution >= 0.6 is 0 Å². The second-order valence-corrected chi connectivity index (χ2v) is 8.07. The van der Waals surface area contributed by atoms with Crippen molar-refractivity contribution < 1.29 is 19.1 Å². The van der Waals surface area contributed by atoms with E-state index in [4.69, 9.17) is 9.47 Å².